The normalized spacial score (nSPS) is 10.8. The number of hydrogen-bond donors (Lipinski definition) is 0. The lowest BCUT2D eigenvalue weighted by Crippen LogP contribution is -2.25. The molecule has 0 aliphatic carbocycles. The van der Waals surface area contributed by atoms with Crippen molar-refractivity contribution in [3.05, 3.63) is 63.3 Å². The van der Waals surface area contributed by atoms with Crippen molar-refractivity contribution in [1.82, 2.24) is 4.57 Å². The number of nitro benzene ring substituents is 1. The van der Waals surface area contributed by atoms with Gasteiger partial charge in [-0.05, 0) is 24.3 Å². The molecule has 7 nitrogen and oxygen atoms in total. The standard InChI is InChI=1S/C16H11ClN2O5/c1-18-11-5-3-2-4-10(11)15(14(18)16(20)21)24-13-7-6-9(17)8-12(13)19(22)23/h2-8H,1H3,(H,20,21)/p-1. The summed E-state index contributed by atoms with van der Waals surface area (Å²) in [5, 5.41) is 23.4. The van der Waals surface area contributed by atoms with Gasteiger partial charge in [0.25, 0.3) is 0 Å². The van der Waals surface area contributed by atoms with Crippen LogP contribution in [0, 0.1) is 10.1 Å². The van der Waals surface area contributed by atoms with E-state index in [1.165, 1.54) is 16.7 Å². The van der Waals surface area contributed by atoms with Crippen LogP contribution < -0.4 is 9.84 Å². The van der Waals surface area contributed by atoms with Crippen LogP contribution in [-0.2, 0) is 7.05 Å². The molecule has 2 aromatic carbocycles. The third-order valence-corrected chi connectivity index (χ3v) is 3.82. The van der Waals surface area contributed by atoms with Crippen LogP contribution in [0.1, 0.15) is 10.5 Å². The Morgan fingerprint density at radius 1 is 1.25 bits per heavy atom. The fraction of sp³-hybridized carbons (Fsp3) is 0.0625. The number of para-hydroxylation sites is 1. The zero-order chi connectivity index (χ0) is 17.4. The number of hydrogen-bond acceptors (Lipinski definition) is 5. The highest BCUT2D eigenvalue weighted by atomic mass is 35.5. The first kappa shape index (κ1) is 15.8. The summed E-state index contributed by atoms with van der Waals surface area (Å²) >= 11 is 5.78. The number of nitrogens with zero attached hydrogens (tertiary/aromatic N) is 2. The van der Waals surface area contributed by atoms with Crippen LogP contribution in [0.15, 0.2) is 42.5 Å². The quantitative estimate of drug-likeness (QED) is 0.535. The van der Waals surface area contributed by atoms with E-state index in [-0.39, 0.29) is 27.9 Å². The van der Waals surface area contributed by atoms with Crippen molar-refractivity contribution in [3.63, 3.8) is 0 Å². The predicted octanol–water partition coefficient (Wildman–Crippen LogP) is 2.90. The maximum atomic E-state index is 11.5. The molecule has 0 amide bonds. The molecule has 0 N–H and O–H groups in total. The van der Waals surface area contributed by atoms with Crippen LogP contribution in [0.2, 0.25) is 5.02 Å². The molecule has 3 rings (SSSR count). The summed E-state index contributed by atoms with van der Waals surface area (Å²) in [6.07, 6.45) is 0. The molecule has 0 saturated heterocycles. The van der Waals surface area contributed by atoms with E-state index in [2.05, 4.69) is 0 Å². The Morgan fingerprint density at radius 3 is 2.62 bits per heavy atom. The zero-order valence-corrected chi connectivity index (χ0v) is 13.1. The first-order valence-corrected chi connectivity index (χ1v) is 7.18. The molecule has 122 valence electrons. The van der Waals surface area contributed by atoms with E-state index in [1.807, 2.05) is 0 Å². The van der Waals surface area contributed by atoms with E-state index in [4.69, 9.17) is 16.3 Å². The molecule has 1 heterocycles. The molecular formula is C16H10ClN2O5-. The van der Waals surface area contributed by atoms with Gasteiger partial charge in [-0.25, -0.2) is 0 Å². The summed E-state index contributed by atoms with van der Waals surface area (Å²) in [4.78, 5) is 22.0. The smallest absolute Gasteiger partial charge is 0.313 e. The minimum atomic E-state index is -1.44. The number of aromatic carboxylic acids is 1. The van der Waals surface area contributed by atoms with Crippen molar-refractivity contribution in [2.75, 3.05) is 0 Å². The largest absolute Gasteiger partial charge is 0.543 e. The van der Waals surface area contributed by atoms with E-state index < -0.39 is 10.9 Å². The van der Waals surface area contributed by atoms with Crippen LogP contribution in [0.25, 0.3) is 10.9 Å². The number of carbonyl (C=O) groups excluding carboxylic acids is 1. The summed E-state index contributed by atoms with van der Waals surface area (Å²) in [5.74, 6) is -1.57. The summed E-state index contributed by atoms with van der Waals surface area (Å²) in [6, 6.07) is 10.7. The van der Waals surface area contributed by atoms with E-state index in [1.54, 1.807) is 31.3 Å². The van der Waals surface area contributed by atoms with E-state index in [9.17, 15) is 20.0 Å². The highest BCUT2D eigenvalue weighted by molar-refractivity contribution is 6.30. The number of carboxylic acids is 1. The Balaban J connectivity index is 2.23. The van der Waals surface area contributed by atoms with Gasteiger partial charge in [-0.3, -0.25) is 10.1 Å². The van der Waals surface area contributed by atoms with Crippen molar-refractivity contribution >= 4 is 34.2 Å². The maximum Gasteiger partial charge on any atom is 0.313 e. The number of aromatic nitrogens is 1. The summed E-state index contributed by atoms with van der Waals surface area (Å²) < 4.78 is 7.01. The topological polar surface area (TPSA) is 97.4 Å². The molecule has 0 bridgehead atoms. The molecule has 0 radical (unpaired) electrons. The van der Waals surface area contributed by atoms with E-state index >= 15 is 0 Å². The van der Waals surface area contributed by atoms with Crippen molar-refractivity contribution in [1.29, 1.82) is 0 Å². The second kappa shape index (κ2) is 5.86. The third kappa shape index (κ3) is 2.55. The molecule has 1 aromatic heterocycles. The molecule has 0 aliphatic rings. The number of nitro groups is 1. The van der Waals surface area contributed by atoms with Crippen LogP contribution in [0.4, 0.5) is 5.69 Å². The lowest BCUT2D eigenvalue weighted by molar-refractivity contribution is -0.385. The van der Waals surface area contributed by atoms with Gasteiger partial charge in [-0.2, -0.15) is 0 Å². The van der Waals surface area contributed by atoms with Crippen molar-refractivity contribution < 1.29 is 19.6 Å². The van der Waals surface area contributed by atoms with Crippen molar-refractivity contribution in [3.8, 4) is 11.5 Å². The van der Waals surface area contributed by atoms with Gasteiger partial charge in [0.1, 0.15) is 5.69 Å². The Morgan fingerprint density at radius 2 is 1.96 bits per heavy atom. The molecule has 0 spiro atoms. The number of carboxylic acid groups (broad SMARTS) is 1. The third-order valence-electron chi connectivity index (χ3n) is 3.58. The molecule has 0 atom stereocenters. The van der Waals surface area contributed by atoms with Gasteiger partial charge in [0.05, 0.1) is 16.4 Å². The van der Waals surface area contributed by atoms with Gasteiger partial charge < -0.3 is 19.2 Å². The van der Waals surface area contributed by atoms with Gasteiger partial charge in [-0.1, -0.05) is 23.7 Å². The fourth-order valence-corrected chi connectivity index (χ4v) is 2.69. The minimum absolute atomic E-state index is 0.0153. The Hall–Kier alpha value is -3.06. The summed E-state index contributed by atoms with van der Waals surface area (Å²) in [6.45, 7) is 0. The first-order chi connectivity index (χ1) is 11.4. The number of halogens is 1. The predicted molar refractivity (Wildman–Crippen MR) is 85.4 cm³/mol. The van der Waals surface area contributed by atoms with E-state index in [0.29, 0.717) is 10.9 Å². The molecule has 0 unspecified atom stereocenters. The summed E-state index contributed by atoms with van der Waals surface area (Å²) in [5.41, 5.74) is 0.0310. The monoisotopic (exact) mass is 345 g/mol. The van der Waals surface area contributed by atoms with Gasteiger partial charge in [0.2, 0.25) is 5.75 Å². The van der Waals surface area contributed by atoms with Crippen molar-refractivity contribution in [2.24, 2.45) is 7.05 Å². The Labute approximate surface area is 140 Å². The molecule has 8 heteroatoms. The fourth-order valence-electron chi connectivity index (χ4n) is 2.52. The molecule has 0 saturated carbocycles. The first-order valence-electron chi connectivity index (χ1n) is 6.80. The summed E-state index contributed by atoms with van der Waals surface area (Å²) in [7, 11) is 1.55. The number of benzene rings is 2. The van der Waals surface area contributed by atoms with Crippen LogP contribution in [0.5, 0.6) is 11.5 Å². The van der Waals surface area contributed by atoms with E-state index in [0.717, 1.165) is 6.07 Å². The average molecular weight is 346 g/mol. The maximum absolute atomic E-state index is 11.5. The lowest BCUT2D eigenvalue weighted by Gasteiger charge is -2.10. The molecule has 3 aromatic rings. The second-order valence-electron chi connectivity index (χ2n) is 5.01. The number of carbonyl (C=O) groups is 1. The van der Waals surface area contributed by atoms with Crippen LogP contribution >= 0.6 is 11.6 Å². The number of ether oxygens (including phenoxy) is 1. The number of fused-ring (bicyclic) bond motifs is 1. The highest BCUT2D eigenvalue weighted by Gasteiger charge is 2.22. The Bertz CT molecular complexity index is 980. The molecule has 0 fully saturated rings. The second-order valence-corrected chi connectivity index (χ2v) is 5.45. The van der Waals surface area contributed by atoms with Gasteiger partial charge in [0, 0.05) is 23.5 Å². The zero-order valence-electron chi connectivity index (χ0n) is 12.4. The minimum Gasteiger partial charge on any atom is -0.543 e. The highest BCUT2D eigenvalue weighted by Crippen LogP contribution is 2.39. The van der Waals surface area contributed by atoms with Crippen molar-refractivity contribution in [2.45, 2.75) is 0 Å². The SMILES string of the molecule is Cn1c(C(=O)[O-])c(Oc2ccc(Cl)cc2[N+](=O)[O-])c2ccccc21. The molecule has 0 aliphatic heterocycles. The van der Waals surface area contributed by atoms with Gasteiger partial charge in [-0.15, -0.1) is 0 Å². The number of aryl methyl sites for hydroxylation is 1. The van der Waals surface area contributed by atoms with Gasteiger partial charge in [0.15, 0.2) is 5.75 Å². The average Bonchev–Trinajstić information content (AvgIpc) is 2.82. The number of rotatable bonds is 4. The van der Waals surface area contributed by atoms with Crippen LogP contribution in [0.3, 0.4) is 0 Å². The van der Waals surface area contributed by atoms with Crippen LogP contribution in [-0.4, -0.2) is 15.5 Å². The molecule has 24 heavy (non-hydrogen) atoms. The van der Waals surface area contributed by atoms with Gasteiger partial charge >= 0.3 is 5.69 Å². The molecular weight excluding hydrogens is 336 g/mol. The lowest BCUT2D eigenvalue weighted by atomic mass is 10.2. The Kier molecular flexibility index (Phi) is 3.86.